The van der Waals surface area contributed by atoms with E-state index in [9.17, 15) is 14.9 Å². The Balaban J connectivity index is 1.90. The fraction of sp³-hybridized carbons (Fsp3) is 0.136. The highest BCUT2D eigenvalue weighted by Crippen LogP contribution is 2.38. The van der Waals surface area contributed by atoms with E-state index in [-0.39, 0.29) is 16.8 Å². The van der Waals surface area contributed by atoms with Gasteiger partial charge in [0.15, 0.2) is 0 Å². The smallest absolute Gasteiger partial charge is 0.283 e. The maximum Gasteiger partial charge on any atom is 0.283 e. The zero-order chi connectivity index (χ0) is 19.6. The molecular formula is C22H16N4O2. The lowest BCUT2D eigenvalue weighted by atomic mass is 10.1. The van der Waals surface area contributed by atoms with E-state index in [1.165, 1.54) is 4.90 Å². The monoisotopic (exact) mass is 368 g/mol. The van der Waals surface area contributed by atoms with Crippen molar-refractivity contribution in [3.8, 4) is 6.07 Å². The fourth-order valence-corrected chi connectivity index (χ4v) is 4.23. The first-order valence-electron chi connectivity index (χ1n) is 9.10. The number of hydrogen-bond donors (Lipinski definition) is 0. The van der Waals surface area contributed by atoms with Crippen LogP contribution in [-0.4, -0.2) is 20.8 Å². The fourth-order valence-electron chi connectivity index (χ4n) is 4.23. The Morgan fingerprint density at radius 1 is 0.964 bits per heavy atom. The van der Waals surface area contributed by atoms with Gasteiger partial charge in [0, 0.05) is 6.54 Å². The summed E-state index contributed by atoms with van der Waals surface area (Å²) in [5, 5.41) is 9.89. The molecule has 0 saturated heterocycles. The number of carbonyl (C=O) groups excluding carboxylic acids is 2. The normalized spacial score (nSPS) is 13.5. The lowest BCUT2D eigenvalue weighted by Gasteiger charge is -2.16. The number of carbonyl (C=O) groups is 2. The van der Waals surface area contributed by atoms with E-state index in [1.54, 1.807) is 16.5 Å². The van der Waals surface area contributed by atoms with Crippen LogP contribution in [0.4, 0.5) is 5.69 Å². The Bertz CT molecular complexity index is 1370. The topological polar surface area (TPSA) is 70.5 Å². The number of para-hydroxylation sites is 3. The van der Waals surface area contributed by atoms with E-state index in [4.69, 9.17) is 0 Å². The molecule has 0 aliphatic carbocycles. The summed E-state index contributed by atoms with van der Waals surface area (Å²) in [7, 11) is 0. The third kappa shape index (κ3) is 1.80. The van der Waals surface area contributed by atoms with Crippen LogP contribution in [0.2, 0.25) is 0 Å². The first-order valence-corrected chi connectivity index (χ1v) is 9.10. The largest absolute Gasteiger partial charge is 0.325 e. The molecule has 6 heteroatoms. The highest BCUT2D eigenvalue weighted by molar-refractivity contribution is 6.36. The van der Waals surface area contributed by atoms with E-state index in [0.717, 1.165) is 16.6 Å². The number of anilines is 1. The highest BCUT2D eigenvalue weighted by Gasteiger charge is 2.44. The number of hydrogen-bond acceptors (Lipinski definition) is 3. The number of rotatable bonds is 2. The predicted molar refractivity (Wildman–Crippen MR) is 106 cm³/mol. The predicted octanol–water partition coefficient (Wildman–Crippen LogP) is 3.89. The SMILES string of the molecule is CCn1c2ccccc2n2c3c(c(C#N)c12)C(=O)N(c1ccccc1C)C3=O. The number of nitriles is 1. The lowest BCUT2D eigenvalue weighted by molar-refractivity contribution is 0.0923. The standard InChI is InChI=1S/C22H16N4O2/c1-3-24-16-10-6-7-11-17(16)25-19-18(14(12-23)20(24)25)21(27)26(22(19)28)15-9-5-4-8-13(15)2/h4-11H,3H2,1-2H3. The third-order valence-electron chi connectivity index (χ3n) is 5.42. The molecule has 2 aromatic heterocycles. The van der Waals surface area contributed by atoms with Gasteiger partial charge in [0.25, 0.3) is 11.8 Å². The van der Waals surface area contributed by atoms with Gasteiger partial charge in [-0.1, -0.05) is 30.3 Å². The summed E-state index contributed by atoms with van der Waals surface area (Å²) in [5.74, 6) is -0.842. The van der Waals surface area contributed by atoms with Crippen molar-refractivity contribution >= 4 is 34.2 Å². The molecular weight excluding hydrogens is 352 g/mol. The number of imidazole rings is 1. The van der Waals surface area contributed by atoms with Crippen molar-refractivity contribution in [3.63, 3.8) is 0 Å². The number of fused-ring (bicyclic) bond motifs is 5. The number of aryl methyl sites for hydroxylation is 2. The van der Waals surface area contributed by atoms with E-state index >= 15 is 0 Å². The zero-order valence-electron chi connectivity index (χ0n) is 15.4. The number of amides is 2. The van der Waals surface area contributed by atoms with Crippen LogP contribution in [0, 0.1) is 18.3 Å². The molecule has 0 atom stereocenters. The molecule has 28 heavy (non-hydrogen) atoms. The van der Waals surface area contributed by atoms with Gasteiger partial charge < -0.3 is 4.57 Å². The van der Waals surface area contributed by atoms with Crippen LogP contribution in [0.1, 0.15) is 38.9 Å². The molecule has 0 saturated carbocycles. The second-order valence-corrected chi connectivity index (χ2v) is 6.83. The Labute approximate surface area is 160 Å². The van der Waals surface area contributed by atoms with Crippen LogP contribution in [0.15, 0.2) is 48.5 Å². The number of nitrogens with zero attached hydrogens (tertiary/aromatic N) is 4. The summed E-state index contributed by atoms with van der Waals surface area (Å²) in [6, 6.07) is 17.1. The van der Waals surface area contributed by atoms with Crippen LogP contribution in [0.25, 0.3) is 16.7 Å². The summed E-state index contributed by atoms with van der Waals surface area (Å²) >= 11 is 0. The lowest BCUT2D eigenvalue weighted by Crippen LogP contribution is -2.31. The summed E-state index contributed by atoms with van der Waals surface area (Å²) < 4.78 is 3.75. The van der Waals surface area contributed by atoms with Crippen molar-refractivity contribution in [1.29, 1.82) is 5.26 Å². The summed E-state index contributed by atoms with van der Waals surface area (Å²) in [4.78, 5) is 27.9. The van der Waals surface area contributed by atoms with Crippen LogP contribution in [-0.2, 0) is 6.54 Å². The molecule has 1 aliphatic heterocycles. The van der Waals surface area contributed by atoms with Gasteiger partial charge in [0.2, 0.25) is 0 Å². The third-order valence-corrected chi connectivity index (χ3v) is 5.42. The van der Waals surface area contributed by atoms with E-state index in [0.29, 0.717) is 17.9 Å². The minimum absolute atomic E-state index is 0.193. The average Bonchev–Trinajstić information content (AvgIpc) is 3.29. The summed E-state index contributed by atoms with van der Waals surface area (Å²) in [6.07, 6.45) is 0. The summed E-state index contributed by atoms with van der Waals surface area (Å²) in [5.41, 5.74) is 4.42. The maximum absolute atomic E-state index is 13.4. The molecule has 5 rings (SSSR count). The van der Waals surface area contributed by atoms with Crippen LogP contribution >= 0.6 is 0 Å². The van der Waals surface area contributed by atoms with Gasteiger partial charge in [-0.25, -0.2) is 4.90 Å². The molecule has 2 amide bonds. The molecule has 6 nitrogen and oxygen atoms in total. The van der Waals surface area contributed by atoms with Crippen molar-refractivity contribution < 1.29 is 9.59 Å². The molecule has 0 N–H and O–H groups in total. The minimum Gasteiger partial charge on any atom is -0.325 e. The van der Waals surface area contributed by atoms with Gasteiger partial charge in [-0.05, 0) is 37.6 Å². The van der Waals surface area contributed by atoms with Gasteiger partial charge in [-0.2, -0.15) is 5.26 Å². The first-order chi connectivity index (χ1) is 13.6. The number of aromatic nitrogens is 2. The quantitative estimate of drug-likeness (QED) is 0.504. The van der Waals surface area contributed by atoms with Gasteiger partial charge >= 0.3 is 0 Å². The molecule has 3 heterocycles. The summed E-state index contributed by atoms with van der Waals surface area (Å²) in [6.45, 7) is 4.46. The van der Waals surface area contributed by atoms with E-state index in [1.807, 2.05) is 54.8 Å². The van der Waals surface area contributed by atoms with Crippen molar-refractivity contribution in [2.24, 2.45) is 0 Å². The number of benzene rings is 2. The molecule has 4 aromatic rings. The maximum atomic E-state index is 13.4. The molecule has 0 radical (unpaired) electrons. The Morgan fingerprint density at radius 2 is 1.64 bits per heavy atom. The van der Waals surface area contributed by atoms with Crippen molar-refractivity contribution in [2.75, 3.05) is 4.90 Å². The van der Waals surface area contributed by atoms with Crippen molar-refractivity contribution in [2.45, 2.75) is 20.4 Å². The Morgan fingerprint density at radius 3 is 2.32 bits per heavy atom. The molecule has 1 aliphatic rings. The van der Waals surface area contributed by atoms with E-state index in [2.05, 4.69) is 6.07 Å². The molecule has 0 spiro atoms. The average molecular weight is 368 g/mol. The molecule has 0 fully saturated rings. The Hall–Kier alpha value is -3.85. The molecule has 2 aromatic carbocycles. The molecule has 0 unspecified atom stereocenters. The Kier molecular flexibility index (Phi) is 3.25. The van der Waals surface area contributed by atoms with E-state index < -0.39 is 11.8 Å². The second-order valence-electron chi connectivity index (χ2n) is 6.83. The highest BCUT2D eigenvalue weighted by atomic mass is 16.2. The van der Waals surface area contributed by atoms with Crippen molar-refractivity contribution in [1.82, 2.24) is 8.97 Å². The van der Waals surface area contributed by atoms with Crippen molar-refractivity contribution in [3.05, 3.63) is 70.9 Å². The van der Waals surface area contributed by atoms with Gasteiger partial charge in [-0.3, -0.25) is 14.0 Å². The van der Waals surface area contributed by atoms with Gasteiger partial charge in [0.1, 0.15) is 23.0 Å². The van der Waals surface area contributed by atoms with Crippen LogP contribution < -0.4 is 4.90 Å². The van der Waals surface area contributed by atoms with Gasteiger partial charge in [-0.15, -0.1) is 0 Å². The first kappa shape index (κ1) is 16.3. The second kappa shape index (κ2) is 5.57. The molecule has 0 bridgehead atoms. The minimum atomic E-state index is -0.443. The number of imide groups is 1. The zero-order valence-corrected chi connectivity index (χ0v) is 15.4. The molecule has 136 valence electrons. The van der Waals surface area contributed by atoms with Crippen LogP contribution in [0.3, 0.4) is 0 Å². The van der Waals surface area contributed by atoms with Crippen LogP contribution in [0.5, 0.6) is 0 Å². The van der Waals surface area contributed by atoms with Gasteiger partial charge in [0.05, 0.1) is 22.3 Å².